The molecule has 3 aliphatic rings. The predicted molar refractivity (Wildman–Crippen MR) is 103 cm³/mol. The van der Waals surface area contributed by atoms with Gasteiger partial charge in [-0.2, -0.15) is 5.10 Å². The Bertz CT molecular complexity index is 790. The molecule has 2 atom stereocenters. The summed E-state index contributed by atoms with van der Waals surface area (Å²) < 4.78 is 1.46. The third-order valence-electron chi connectivity index (χ3n) is 6.18. The van der Waals surface area contributed by atoms with Gasteiger partial charge in [-0.05, 0) is 25.7 Å². The van der Waals surface area contributed by atoms with Crippen LogP contribution in [0.25, 0.3) is 0 Å². The largest absolute Gasteiger partial charge is 0.352 e. The van der Waals surface area contributed by atoms with Crippen molar-refractivity contribution in [2.45, 2.75) is 64.0 Å². The number of hydrogen-bond donors (Lipinski definition) is 2. The second-order valence-electron chi connectivity index (χ2n) is 8.28. The van der Waals surface area contributed by atoms with E-state index in [2.05, 4.69) is 15.7 Å². The van der Waals surface area contributed by atoms with Crippen molar-refractivity contribution in [2.75, 3.05) is 11.9 Å². The smallest absolute Gasteiger partial charge is 0.244 e. The Kier molecular flexibility index (Phi) is 5.64. The summed E-state index contributed by atoms with van der Waals surface area (Å²) in [5.41, 5.74) is 0.431. The number of rotatable bonds is 6. The maximum Gasteiger partial charge on any atom is 0.244 e. The average Bonchev–Trinajstić information content (AvgIpc) is 3.41. The molecule has 2 unspecified atom stereocenters. The van der Waals surface area contributed by atoms with Gasteiger partial charge in [0.2, 0.25) is 23.6 Å². The summed E-state index contributed by atoms with van der Waals surface area (Å²) in [4.78, 5) is 50.5. The number of amides is 4. The number of hydrogen-bond acceptors (Lipinski definition) is 5. The molecule has 29 heavy (non-hydrogen) atoms. The van der Waals surface area contributed by atoms with Crippen LogP contribution in [0.1, 0.15) is 51.4 Å². The number of likely N-dealkylation sites (tertiary alicyclic amines) is 1. The summed E-state index contributed by atoms with van der Waals surface area (Å²) in [6.45, 7) is -0.198. The first-order valence-electron chi connectivity index (χ1n) is 10.5. The van der Waals surface area contributed by atoms with E-state index in [1.54, 1.807) is 6.20 Å². The summed E-state index contributed by atoms with van der Waals surface area (Å²) in [5, 5.41) is 9.75. The first-order chi connectivity index (χ1) is 14.0. The summed E-state index contributed by atoms with van der Waals surface area (Å²) in [6, 6.07) is 0.247. The molecule has 1 aromatic rings. The Morgan fingerprint density at radius 1 is 0.931 bits per heavy atom. The van der Waals surface area contributed by atoms with Gasteiger partial charge in [-0.15, -0.1) is 0 Å². The molecule has 2 N–H and O–H groups in total. The molecular formula is C20H27N5O4. The summed E-state index contributed by atoms with van der Waals surface area (Å²) in [7, 11) is 0. The van der Waals surface area contributed by atoms with Gasteiger partial charge < -0.3 is 10.6 Å². The molecular weight excluding hydrogens is 374 g/mol. The molecule has 1 saturated heterocycles. The number of aromatic nitrogens is 2. The number of carbonyl (C=O) groups is 4. The lowest BCUT2D eigenvalue weighted by molar-refractivity contribution is -0.142. The van der Waals surface area contributed by atoms with Crippen molar-refractivity contribution in [1.29, 1.82) is 0 Å². The Balaban J connectivity index is 1.28. The number of carbonyl (C=O) groups excluding carboxylic acids is 4. The highest BCUT2D eigenvalue weighted by atomic mass is 16.2. The number of anilines is 1. The van der Waals surface area contributed by atoms with Gasteiger partial charge in [0.05, 0.1) is 23.7 Å². The zero-order chi connectivity index (χ0) is 20.4. The quantitative estimate of drug-likeness (QED) is 0.692. The average molecular weight is 401 g/mol. The fraction of sp³-hybridized carbons (Fsp3) is 0.650. The first kappa shape index (κ1) is 19.6. The predicted octanol–water partition coefficient (Wildman–Crippen LogP) is 1.06. The third kappa shape index (κ3) is 4.33. The fourth-order valence-corrected chi connectivity index (χ4v) is 4.74. The molecule has 2 heterocycles. The standard InChI is InChI=1S/C20H27N5O4/c26-17(22-13-5-1-2-6-13)11-24-10-14(9-21-24)23-18(27)12-25-19(28)15-7-3-4-8-16(15)20(25)29/h9-10,13,15-16H,1-8,11-12H2,(H,22,26)(H,23,27). The van der Waals surface area contributed by atoms with Crippen LogP contribution in [0.4, 0.5) is 5.69 Å². The Hall–Kier alpha value is -2.71. The van der Waals surface area contributed by atoms with E-state index in [-0.39, 0.29) is 48.7 Å². The van der Waals surface area contributed by atoms with Gasteiger partial charge in [0, 0.05) is 12.2 Å². The van der Waals surface area contributed by atoms with E-state index in [1.807, 2.05) is 0 Å². The molecule has 3 fully saturated rings. The monoisotopic (exact) mass is 401 g/mol. The maximum atomic E-state index is 12.5. The zero-order valence-corrected chi connectivity index (χ0v) is 16.4. The minimum atomic E-state index is -0.444. The molecule has 1 aromatic heterocycles. The van der Waals surface area contributed by atoms with Crippen LogP contribution in [0, 0.1) is 11.8 Å². The zero-order valence-electron chi connectivity index (χ0n) is 16.4. The summed E-state index contributed by atoms with van der Waals surface area (Å²) in [5.74, 6) is -1.52. The van der Waals surface area contributed by atoms with E-state index >= 15 is 0 Å². The third-order valence-corrected chi connectivity index (χ3v) is 6.18. The number of nitrogens with one attached hydrogen (secondary N) is 2. The normalized spacial score (nSPS) is 24.6. The molecule has 9 heteroatoms. The van der Waals surface area contributed by atoms with E-state index in [0.29, 0.717) is 5.69 Å². The van der Waals surface area contributed by atoms with E-state index in [1.165, 1.54) is 10.9 Å². The van der Waals surface area contributed by atoms with Gasteiger partial charge in [0.1, 0.15) is 13.1 Å². The molecule has 0 bridgehead atoms. The number of imide groups is 1. The SMILES string of the molecule is O=C(CN1C(=O)C2CCCCC2C1=O)Nc1cnn(CC(=O)NC2CCCC2)c1. The van der Waals surface area contributed by atoms with Crippen molar-refractivity contribution < 1.29 is 19.2 Å². The molecule has 4 amide bonds. The van der Waals surface area contributed by atoms with Crippen molar-refractivity contribution in [3.8, 4) is 0 Å². The molecule has 0 spiro atoms. The highest BCUT2D eigenvalue weighted by Crippen LogP contribution is 2.37. The van der Waals surface area contributed by atoms with Gasteiger partial charge in [-0.25, -0.2) is 0 Å². The molecule has 9 nitrogen and oxygen atoms in total. The maximum absolute atomic E-state index is 12.5. The minimum Gasteiger partial charge on any atom is -0.352 e. The van der Waals surface area contributed by atoms with Gasteiger partial charge in [0.25, 0.3) is 0 Å². The molecule has 1 aliphatic heterocycles. The topological polar surface area (TPSA) is 113 Å². The highest BCUT2D eigenvalue weighted by Gasteiger charge is 2.48. The molecule has 156 valence electrons. The van der Waals surface area contributed by atoms with Crippen molar-refractivity contribution in [3.63, 3.8) is 0 Å². The second kappa shape index (κ2) is 8.34. The van der Waals surface area contributed by atoms with Crippen LogP contribution in [0.5, 0.6) is 0 Å². The van der Waals surface area contributed by atoms with Crippen molar-refractivity contribution in [3.05, 3.63) is 12.4 Å². The highest BCUT2D eigenvalue weighted by molar-refractivity contribution is 6.08. The summed E-state index contributed by atoms with van der Waals surface area (Å²) in [6.07, 6.45) is 10.7. The van der Waals surface area contributed by atoms with Gasteiger partial charge in [-0.3, -0.25) is 28.8 Å². The molecule has 2 aliphatic carbocycles. The van der Waals surface area contributed by atoms with Crippen LogP contribution < -0.4 is 10.6 Å². The van der Waals surface area contributed by atoms with E-state index in [4.69, 9.17) is 0 Å². The van der Waals surface area contributed by atoms with Crippen LogP contribution in [-0.2, 0) is 25.7 Å². The number of nitrogens with zero attached hydrogens (tertiary/aromatic N) is 3. The van der Waals surface area contributed by atoms with Crippen LogP contribution >= 0.6 is 0 Å². The van der Waals surface area contributed by atoms with Crippen molar-refractivity contribution in [1.82, 2.24) is 20.0 Å². The van der Waals surface area contributed by atoms with Crippen LogP contribution in [-0.4, -0.2) is 50.9 Å². The lowest BCUT2D eigenvalue weighted by Gasteiger charge is -2.19. The lowest BCUT2D eigenvalue weighted by atomic mass is 9.81. The van der Waals surface area contributed by atoms with Gasteiger partial charge in [0.15, 0.2) is 0 Å². The van der Waals surface area contributed by atoms with Crippen molar-refractivity contribution in [2.24, 2.45) is 11.8 Å². The molecule has 0 aromatic carbocycles. The fourth-order valence-electron chi connectivity index (χ4n) is 4.74. The van der Waals surface area contributed by atoms with Gasteiger partial charge in [-0.1, -0.05) is 25.7 Å². The van der Waals surface area contributed by atoms with E-state index in [9.17, 15) is 19.2 Å². The Morgan fingerprint density at radius 2 is 1.55 bits per heavy atom. The molecule has 4 rings (SSSR count). The second-order valence-corrected chi connectivity index (χ2v) is 8.28. The van der Waals surface area contributed by atoms with Crippen LogP contribution in [0.2, 0.25) is 0 Å². The lowest BCUT2D eigenvalue weighted by Crippen LogP contribution is -2.38. The summed E-state index contributed by atoms with van der Waals surface area (Å²) >= 11 is 0. The van der Waals surface area contributed by atoms with Crippen LogP contribution in [0.3, 0.4) is 0 Å². The Labute approximate surface area is 169 Å². The van der Waals surface area contributed by atoms with E-state index < -0.39 is 5.91 Å². The number of fused-ring (bicyclic) bond motifs is 1. The van der Waals surface area contributed by atoms with E-state index in [0.717, 1.165) is 56.3 Å². The van der Waals surface area contributed by atoms with Crippen molar-refractivity contribution >= 4 is 29.3 Å². The van der Waals surface area contributed by atoms with Crippen LogP contribution in [0.15, 0.2) is 12.4 Å². The Morgan fingerprint density at radius 3 is 2.21 bits per heavy atom. The van der Waals surface area contributed by atoms with Gasteiger partial charge >= 0.3 is 0 Å². The first-order valence-corrected chi connectivity index (χ1v) is 10.5. The molecule has 0 radical (unpaired) electrons. The molecule has 2 saturated carbocycles. The minimum absolute atomic E-state index is 0.0822.